The Balaban J connectivity index is 3.89. The normalized spacial score (nSPS) is 15.1. The molecular formula is C20H42NO7P. The van der Waals surface area contributed by atoms with Crippen molar-refractivity contribution in [3.8, 4) is 0 Å². The maximum atomic E-state index is 11.9. The van der Waals surface area contributed by atoms with E-state index in [0.29, 0.717) is 11.0 Å². The fraction of sp³-hybridized carbons (Fsp3) is 0.950. The Morgan fingerprint density at radius 1 is 1.00 bits per heavy atom. The van der Waals surface area contributed by atoms with Crippen LogP contribution in [0.3, 0.4) is 0 Å². The predicted octanol–water partition coefficient (Wildman–Crippen LogP) is 3.02. The number of likely N-dealkylation sites (N-methyl/N-ethyl adjacent to an activating group) is 1. The quantitative estimate of drug-likeness (QED) is 0.143. The molecule has 0 saturated carbocycles. The van der Waals surface area contributed by atoms with E-state index >= 15 is 0 Å². The molecule has 0 rings (SSSR count). The lowest BCUT2D eigenvalue weighted by molar-refractivity contribution is -0.870. The molecule has 0 fully saturated rings. The summed E-state index contributed by atoms with van der Waals surface area (Å²) in [6.45, 7) is 1.72. The zero-order chi connectivity index (χ0) is 22.2. The number of carbonyl (C=O) groups is 1. The van der Waals surface area contributed by atoms with Crippen LogP contribution in [0.4, 0.5) is 0 Å². The number of aliphatic hydroxyl groups is 1. The van der Waals surface area contributed by atoms with Crippen LogP contribution in [0.25, 0.3) is 0 Å². The molecule has 1 unspecified atom stereocenters. The fourth-order valence-corrected chi connectivity index (χ4v) is 3.32. The van der Waals surface area contributed by atoms with E-state index in [-0.39, 0.29) is 13.0 Å². The molecule has 0 aromatic carbocycles. The van der Waals surface area contributed by atoms with Gasteiger partial charge in [0.15, 0.2) is 0 Å². The number of quaternary nitrogens is 1. The van der Waals surface area contributed by atoms with Gasteiger partial charge in [0.1, 0.15) is 19.3 Å². The summed E-state index contributed by atoms with van der Waals surface area (Å²) in [6, 6.07) is 0. The van der Waals surface area contributed by atoms with Crippen LogP contribution in [0, 0.1) is 0 Å². The summed E-state index contributed by atoms with van der Waals surface area (Å²) in [5, 5.41) is 9.29. The third-order valence-electron chi connectivity index (χ3n) is 4.42. The molecule has 2 atom stereocenters. The summed E-state index contributed by atoms with van der Waals surface area (Å²) >= 11 is 0. The lowest BCUT2D eigenvalue weighted by atomic mass is 10.1. The van der Waals surface area contributed by atoms with Crippen molar-refractivity contribution in [1.29, 1.82) is 0 Å². The molecule has 9 heteroatoms. The molecule has 174 valence electrons. The highest BCUT2D eigenvalue weighted by Gasteiger charge is 2.19. The third kappa shape index (κ3) is 19.2. The second kappa shape index (κ2) is 16.2. The first-order valence-electron chi connectivity index (χ1n) is 10.8. The number of esters is 1. The third-order valence-corrected chi connectivity index (χ3v) is 5.38. The number of nitrogens with zero attached hydrogens (tertiary/aromatic N) is 1. The first-order valence-corrected chi connectivity index (χ1v) is 12.3. The van der Waals surface area contributed by atoms with E-state index in [4.69, 9.17) is 13.8 Å². The van der Waals surface area contributed by atoms with Gasteiger partial charge in [0.05, 0.1) is 34.4 Å². The molecule has 0 aromatic heterocycles. The van der Waals surface area contributed by atoms with E-state index in [9.17, 15) is 19.4 Å². The summed E-state index contributed by atoms with van der Waals surface area (Å²) in [4.78, 5) is 23.6. The molecular weight excluding hydrogens is 397 g/mol. The Morgan fingerprint density at radius 3 is 2.07 bits per heavy atom. The highest BCUT2D eigenvalue weighted by molar-refractivity contribution is 7.45. The number of phosphoric acid groups is 1. The van der Waals surface area contributed by atoms with Gasteiger partial charge in [0.25, 0.3) is 7.82 Å². The molecule has 0 aliphatic heterocycles. The molecule has 29 heavy (non-hydrogen) atoms. The van der Waals surface area contributed by atoms with Gasteiger partial charge < -0.3 is 28.3 Å². The van der Waals surface area contributed by atoms with E-state index in [2.05, 4.69) is 6.92 Å². The summed E-state index contributed by atoms with van der Waals surface area (Å²) in [7, 11) is 1.24. The van der Waals surface area contributed by atoms with Crippen LogP contribution < -0.4 is 4.89 Å². The number of carbonyl (C=O) groups excluding carboxylic acids is 1. The van der Waals surface area contributed by atoms with E-state index < -0.39 is 33.1 Å². The predicted molar refractivity (Wildman–Crippen MR) is 111 cm³/mol. The van der Waals surface area contributed by atoms with Gasteiger partial charge in [-0.3, -0.25) is 9.36 Å². The van der Waals surface area contributed by atoms with Crippen molar-refractivity contribution in [1.82, 2.24) is 0 Å². The van der Waals surface area contributed by atoms with Crippen LogP contribution in [-0.4, -0.2) is 69.2 Å². The SMILES string of the molecule is CCCCCCCCCCCC(=O)O[C@@H](CO)COP(=O)([O-])OCC[N+](C)(C)C. The highest BCUT2D eigenvalue weighted by atomic mass is 31.2. The molecule has 0 heterocycles. The number of unbranched alkanes of at least 4 members (excludes halogenated alkanes) is 8. The van der Waals surface area contributed by atoms with Gasteiger partial charge in [-0.05, 0) is 6.42 Å². The molecule has 0 spiro atoms. The lowest BCUT2D eigenvalue weighted by Crippen LogP contribution is -2.37. The topological polar surface area (TPSA) is 105 Å². The van der Waals surface area contributed by atoms with E-state index in [1.807, 2.05) is 21.1 Å². The number of phosphoric ester groups is 1. The van der Waals surface area contributed by atoms with Crippen molar-refractivity contribution < 1.29 is 37.6 Å². The highest BCUT2D eigenvalue weighted by Crippen LogP contribution is 2.38. The van der Waals surface area contributed by atoms with Gasteiger partial charge in [-0.1, -0.05) is 58.3 Å². The van der Waals surface area contributed by atoms with E-state index in [1.165, 1.54) is 38.5 Å². The Morgan fingerprint density at radius 2 is 1.55 bits per heavy atom. The minimum atomic E-state index is -4.50. The van der Waals surface area contributed by atoms with Crippen LogP contribution in [0.5, 0.6) is 0 Å². The Kier molecular flexibility index (Phi) is 15.9. The minimum absolute atomic E-state index is 0.00748. The molecule has 0 aromatic rings. The first kappa shape index (κ1) is 28.5. The van der Waals surface area contributed by atoms with Crippen molar-refractivity contribution >= 4 is 13.8 Å². The fourth-order valence-electron chi connectivity index (χ4n) is 2.59. The molecule has 1 N–H and O–H groups in total. The maximum Gasteiger partial charge on any atom is 0.306 e. The van der Waals surface area contributed by atoms with Crippen molar-refractivity contribution in [2.45, 2.75) is 77.2 Å². The van der Waals surface area contributed by atoms with E-state index in [1.54, 1.807) is 0 Å². The Labute approximate surface area is 176 Å². The van der Waals surface area contributed by atoms with Crippen LogP contribution in [0.15, 0.2) is 0 Å². The van der Waals surface area contributed by atoms with Crippen LogP contribution in [-0.2, 0) is 23.1 Å². The van der Waals surface area contributed by atoms with Crippen molar-refractivity contribution in [3.63, 3.8) is 0 Å². The zero-order valence-electron chi connectivity index (χ0n) is 18.8. The summed E-state index contributed by atoms with van der Waals surface area (Å²) in [6.07, 6.45) is 9.53. The molecule has 8 nitrogen and oxygen atoms in total. The molecule has 0 saturated heterocycles. The summed E-state index contributed by atoms with van der Waals surface area (Å²) in [5.41, 5.74) is 0. The van der Waals surface area contributed by atoms with Crippen molar-refractivity contribution in [2.24, 2.45) is 0 Å². The number of ether oxygens (including phenoxy) is 1. The van der Waals surface area contributed by atoms with Gasteiger partial charge in [-0.25, -0.2) is 0 Å². The van der Waals surface area contributed by atoms with Gasteiger partial charge in [0.2, 0.25) is 0 Å². The Bertz CT molecular complexity index is 468. The van der Waals surface area contributed by atoms with Gasteiger partial charge in [-0.15, -0.1) is 0 Å². The largest absolute Gasteiger partial charge is 0.756 e. The average Bonchev–Trinajstić information content (AvgIpc) is 2.62. The molecule has 0 aliphatic carbocycles. The Hall–Kier alpha value is -0.500. The second-order valence-electron chi connectivity index (χ2n) is 8.46. The van der Waals surface area contributed by atoms with Gasteiger partial charge in [0, 0.05) is 6.42 Å². The number of hydrogen-bond donors (Lipinski definition) is 1. The molecule has 0 amide bonds. The summed E-state index contributed by atoms with van der Waals surface area (Å²) in [5.74, 6) is -0.456. The number of aliphatic hydroxyl groups excluding tert-OH is 1. The lowest BCUT2D eigenvalue weighted by Gasteiger charge is -2.28. The van der Waals surface area contributed by atoms with Crippen molar-refractivity contribution in [3.05, 3.63) is 0 Å². The van der Waals surface area contributed by atoms with Gasteiger partial charge in [-0.2, -0.15) is 0 Å². The smallest absolute Gasteiger partial charge is 0.306 e. The average molecular weight is 440 g/mol. The van der Waals surface area contributed by atoms with Crippen LogP contribution in [0.2, 0.25) is 0 Å². The first-order chi connectivity index (χ1) is 13.6. The van der Waals surface area contributed by atoms with E-state index in [0.717, 1.165) is 19.3 Å². The standard InChI is InChI=1S/C20H42NO7P/c1-5-6-7-8-9-10-11-12-13-14-20(23)28-19(17-22)18-27-29(24,25)26-16-15-21(2,3)4/h19,22H,5-18H2,1-4H3/t19-/m0/s1. The van der Waals surface area contributed by atoms with Crippen LogP contribution in [0.1, 0.15) is 71.1 Å². The zero-order valence-corrected chi connectivity index (χ0v) is 19.7. The number of rotatable bonds is 19. The molecule has 0 aliphatic rings. The molecule has 0 bridgehead atoms. The van der Waals surface area contributed by atoms with Crippen molar-refractivity contribution in [2.75, 3.05) is 47.5 Å². The van der Waals surface area contributed by atoms with Crippen LogP contribution >= 0.6 is 7.82 Å². The van der Waals surface area contributed by atoms with Gasteiger partial charge >= 0.3 is 5.97 Å². The summed E-state index contributed by atoms with van der Waals surface area (Å²) < 4.78 is 26.9. The minimum Gasteiger partial charge on any atom is -0.756 e. The second-order valence-corrected chi connectivity index (χ2v) is 9.87. The molecule has 0 radical (unpaired) electrons. The monoisotopic (exact) mass is 439 g/mol. The maximum absolute atomic E-state index is 11.9. The number of hydrogen-bond acceptors (Lipinski definition) is 7.